The summed E-state index contributed by atoms with van der Waals surface area (Å²) in [7, 11) is 1.72. The fraction of sp³-hybridized carbons (Fsp3) is 0.300. The Hall–Kier alpha value is -2.66. The lowest BCUT2D eigenvalue weighted by Gasteiger charge is -2.38. The van der Waals surface area contributed by atoms with Gasteiger partial charge in [-0.25, -0.2) is 0 Å². The maximum atomic E-state index is 12.7. The highest BCUT2D eigenvalue weighted by Gasteiger charge is 2.39. The Morgan fingerprint density at radius 3 is 2.44 bits per heavy atom. The van der Waals surface area contributed by atoms with Gasteiger partial charge in [0, 0.05) is 13.6 Å². The Morgan fingerprint density at radius 1 is 1.12 bits per heavy atom. The van der Waals surface area contributed by atoms with Crippen LogP contribution in [0.5, 0.6) is 0 Å². The Morgan fingerprint density at radius 2 is 1.76 bits per heavy atom. The number of ether oxygens (including phenoxy) is 1. The SMILES string of the molecule is CN1C(=O)CO[C@@H](C(=O)NCCc2ccccc2)[C@@H]1c1ccccc1. The Labute approximate surface area is 147 Å². The molecule has 2 aromatic rings. The minimum atomic E-state index is -0.708. The number of carbonyl (C=O) groups is 2. The van der Waals surface area contributed by atoms with Crippen LogP contribution >= 0.6 is 0 Å². The number of amides is 2. The van der Waals surface area contributed by atoms with Crippen molar-refractivity contribution in [2.75, 3.05) is 20.2 Å². The average Bonchev–Trinajstić information content (AvgIpc) is 2.65. The van der Waals surface area contributed by atoms with Gasteiger partial charge in [-0.05, 0) is 17.5 Å². The molecule has 130 valence electrons. The molecule has 5 nitrogen and oxygen atoms in total. The molecule has 5 heteroatoms. The molecular formula is C20H22N2O3. The standard InChI is InChI=1S/C20H22N2O3/c1-22-17(23)14-25-19(18(22)16-10-6-3-7-11-16)20(24)21-13-12-15-8-4-2-5-9-15/h2-11,18-19H,12-14H2,1H3,(H,21,24)/t18-,19+/m0/s1. The number of morpholine rings is 1. The smallest absolute Gasteiger partial charge is 0.251 e. The van der Waals surface area contributed by atoms with E-state index in [0.717, 1.165) is 12.0 Å². The minimum Gasteiger partial charge on any atom is -0.356 e. The molecule has 0 spiro atoms. The van der Waals surface area contributed by atoms with E-state index in [0.29, 0.717) is 6.54 Å². The summed E-state index contributed by atoms with van der Waals surface area (Å²) < 4.78 is 5.59. The van der Waals surface area contributed by atoms with Gasteiger partial charge in [-0.2, -0.15) is 0 Å². The van der Waals surface area contributed by atoms with Gasteiger partial charge in [-0.3, -0.25) is 9.59 Å². The van der Waals surface area contributed by atoms with Crippen molar-refractivity contribution in [1.29, 1.82) is 0 Å². The fourth-order valence-corrected chi connectivity index (χ4v) is 3.06. The predicted molar refractivity (Wildman–Crippen MR) is 94.8 cm³/mol. The third kappa shape index (κ3) is 4.06. The molecule has 3 rings (SSSR count). The van der Waals surface area contributed by atoms with E-state index >= 15 is 0 Å². The molecule has 1 aliphatic rings. The normalized spacial score (nSPS) is 20.4. The molecule has 0 unspecified atom stereocenters. The van der Waals surface area contributed by atoms with Crippen LogP contribution in [0.1, 0.15) is 17.2 Å². The number of rotatable bonds is 5. The lowest BCUT2D eigenvalue weighted by molar-refractivity contribution is -0.162. The third-order valence-corrected chi connectivity index (χ3v) is 4.44. The molecule has 1 N–H and O–H groups in total. The van der Waals surface area contributed by atoms with Gasteiger partial charge in [0.1, 0.15) is 6.61 Å². The van der Waals surface area contributed by atoms with Gasteiger partial charge in [-0.1, -0.05) is 60.7 Å². The molecule has 1 saturated heterocycles. The molecule has 0 aliphatic carbocycles. The van der Waals surface area contributed by atoms with Crippen molar-refractivity contribution in [2.24, 2.45) is 0 Å². The second-order valence-electron chi connectivity index (χ2n) is 6.12. The van der Waals surface area contributed by atoms with Crippen molar-refractivity contribution in [2.45, 2.75) is 18.6 Å². The van der Waals surface area contributed by atoms with Crippen LogP contribution in [-0.4, -0.2) is 43.0 Å². The van der Waals surface area contributed by atoms with Crippen LogP contribution in [-0.2, 0) is 20.7 Å². The zero-order chi connectivity index (χ0) is 17.6. The van der Waals surface area contributed by atoms with Gasteiger partial charge >= 0.3 is 0 Å². The van der Waals surface area contributed by atoms with E-state index in [1.807, 2.05) is 60.7 Å². The first-order chi connectivity index (χ1) is 12.2. The molecule has 1 heterocycles. The third-order valence-electron chi connectivity index (χ3n) is 4.44. The number of hydrogen-bond donors (Lipinski definition) is 1. The van der Waals surface area contributed by atoms with E-state index in [9.17, 15) is 9.59 Å². The van der Waals surface area contributed by atoms with E-state index < -0.39 is 12.1 Å². The molecule has 1 aliphatic heterocycles. The maximum absolute atomic E-state index is 12.7. The summed E-state index contributed by atoms with van der Waals surface area (Å²) in [4.78, 5) is 26.3. The molecule has 0 bridgehead atoms. The van der Waals surface area contributed by atoms with E-state index in [1.165, 1.54) is 5.56 Å². The summed E-state index contributed by atoms with van der Waals surface area (Å²) in [5.74, 6) is -0.314. The van der Waals surface area contributed by atoms with E-state index in [1.54, 1.807) is 11.9 Å². The summed E-state index contributed by atoms with van der Waals surface area (Å²) >= 11 is 0. The van der Waals surface area contributed by atoms with E-state index in [2.05, 4.69) is 5.32 Å². The van der Waals surface area contributed by atoms with Crippen LogP contribution in [0, 0.1) is 0 Å². The van der Waals surface area contributed by atoms with Gasteiger partial charge < -0.3 is 15.0 Å². The maximum Gasteiger partial charge on any atom is 0.251 e. The number of benzene rings is 2. The van der Waals surface area contributed by atoms with Crippen LogP contribution in [0.3, 0.4) is 0 Å². The van der Waals surface area contributed by atoms with Crippen molar-refractivity contribution >= 4 is 11.8 Å². The van der Waals surface area contributed by atoms with Crippen molar-refractivity contribution in [3.05, 3.63) is 71.8 Å². The molecule has 25 heavy (non-hydrogen) atoms. The zero-order valence-corrected chi connectivity index (χ0v) is 14.2. The van der Waals surface area contributed by atoms with Gasteiger partial charge in [0.05, 0.1) is 6.04 Å². The van der Waals surface area contributed by atoms with Gasteiger partial charge in [0.25, 0.3) is 5.91 Å². The molecule has 2 atom stereocenters. The predicted octanol–water partition coefficient (Wildman–Crippen LogP) is 1.94. The summed E-state index contributed by atoms with van der Waals surface area (Å²) in [6, 6.07) is 19.1. The summed E-state index contributed by atoms with van der Waals surface area (Å²) in [6.07, 6.45) is 0.0465. The number of hydrogen-bond acceptors (Lipinski definition) is 3. The van der Waals surface area contributed by atoms with Gasteiger partial charge in [0.15, 0.2) is 6.10 Å². The Bertz CT molecular complexity index is 718. The highest BCUT2D eigenvalue weighted by Crippen LogP contribution is 2.28. The first kappa shape index (κ1) is 17.2. The first-order valence-corrected chi connectivity index (χ1v) is 8.40. The lowest BCUT2D eigenvalue weighted by atomic mass is 9.97. The van der Waals surface area contributed by atoms with E-state index in [-0.39, 0.29) is 18.4 Å². The minimum absolute atomic E-state index is 0.0728. The Balaban J connectivity index is 1.67. The molecule has 0 aromatic heterocycles. The topological polar surface area (TPSA) is 58.6 Å². The monoisotopic (exact) mass is 338 g/mol. The largest absolute Gasteiger partial charge is 0.356 e. The molecule has 2 amide bonds. The number of nitrogens with zero attached hydrogens (tertiary/aromatic N) is 1. The average molecular weight is 338 g/mol. The number of carbonyl (C=O) groups excluding carboxylic acids is 2. The second kappa shape index (κ2) is 7.94. The van der Waals surface area contributed by atoms with Crippen molar-refractivity contribution in [1.82, 2.24) is 10.2 Å². The van der Waals surface area contributed by atoms with Crippen molar-refractivity contribution < 1.29 is 14.3 Å². The van der Waals surface area contributed by atoms with Crippen LogP contribution < -0.4 is 5.32 Å². The van der Waals surface area contributed by atoms with Crippen LogP contribution in [0.15, 0.2) is 60.7 Å². The van der Waals surface area contributed by atoms with Gasteiger partial charge in [-0.15, -0.1) is 0 Å². The van der Waals surface area contributed by atoms with Crippen LogP contribution in [0.4, 0.5) is 0 Å². The van der Waals surface area contributed by atoms with Crippen LogP contribution in [0.2, 0.25) is 0 Å². The summed E-state index contributed by atoms with van der Waals surface area (Å²) in [6.45, 7) is 0.457. The highest BCUT2D eigenvalue weighted by atomic mass is 16.5. The summed E-state index contributed by atoms with van der Waals surface area (Å²) in [5.41, 5.74) is 2.06. The first-order valence-electron chi connectivity index (χ1n) is 8.40. The highest BCUT2D eigenvalue weighted by molar-refractivity contribution is 5.86. The second-order valence-corrected chi connectivity index (χ2v) is 6.12. The molecular weight excluding hydrogens is 316 g/mol. The Kier molecular flexibility index (Phi) is 5.46. The molecule has 0 radical (unpaired) electrons. The number of likely N-dealkylation sites (N-methyl/N-ethyl adjacent to an activating group) is 1. The van der Waals surface area contributed by atoms with E-state index in [4.69, 9.17) is 4.74 Å². The fourth-order valence-electron chi connectivity index (χ4n) is 3.06. The lowest BCUT2D eigenvalue weighted by Crippen LogP contribution is -2.53. The molecule has 1 fully saturated rings. The van der Waals surface area contributed by atoms with Crippen molar-refractivity contribution in [3.8, 4) is 0 Å². The van der Waals surface area contributed by atoms with Crippen molar-refractivity contribution in [3.63, 3.8) is 0 Å². The molecule has 0 saturated carbocycles. The quantitative estimate of drug-likeness (QED) is 0.906. The van der Waals surface area contributed by atoms with Gasteiger partial charge in [0.2, 0.25) is 5.91 Å². The molecule has 2 aromatic carbocycles. The summed E-state index contributed by atoms with van der Waals surface area (Å²) in [5, 5.41) is 2.93. The van der Waals surface area contributed by atoms with Crippen LogP contribution in [0.25, 0.3) is 0 Å². The number of nitrogens with one attached hydrogen (secondary N) is 1. The zero-order valence-electron chi connectivity index (χ0n) is 14.2.